The molecule has 108 valence electrons. The second-order valence-electron chi connectivity index (χ2n) is 5.50. The highest BCUT2D eigenvalue weighted by Gasteiger charge is 2.14. The summed E-state index contributed by atoms with van der Waals surface area (Å²) in [5, 5.41) is 4.47. The lowest BCUT2D eigenvalue weighted by molar-refractivity contribution is 0.448. The summed E-state index contributed by atoms with van der Waals surface area (Å²) in [7, 11) is 0. The Bertz CT molecular complexity index is 379. The lowest BCUT2D eigenvalue weighted by Gasteiger charge is -2.21. The van der Waals surface area contributed by atoms with Gasteiger partial charge in [0.15, 0.2) is 0 Å². The van der Waals surface area contributed by atoms with Crippen LogP contribution in [0, 0.1) is 5.92 Å². The van der Waals surface area contributed by atoms with Gasteiger partial charge in [-0.25, -0.2) is 0 Å². The van der Waals surface area contributed by atoms with Crippen molar-refractivity contribution in [1.82, 2.24) is 5.32 Å². The predicted molar refractivity (Wildman–Crippen MR) is 88.9 cm³/mol. The summed E-state index contributed by atoms with van der Waals surface area (Å²) in [5.74, 6) is 0.771. The third kappa shape index (κ3) is 6.29. The number of hydrogen-bond donors (Lipinski definition) is 1. The van der Waals surface area contributed by atoms with Gasteiger partial charge in [-0.2, -0.15) is 0 Å². The van der Waals surface area contributed by atoms with Gasteiger partial charge in [0.2, 0.25) is 0 Å². The van der Waals surface area contributed by atoms with E-state index in [1.54, 1.807) is 0 Å². The van der Waals surface area contributed by atoms with Gasteiger partial charge >= 0.3 is 0 Å². The van der Waals surface area contributed by atoms with E-state index in [-0.39, 0.29) is 0 Å². The molecule has 0 amide bonds. The summed E-state index contributed by atoms with van der Waals surface area (Å²) >= 11 is 9.84. The first kappa shape index (κ1) is 17.0. The van der Waals surface area contributed by atoms with Crippen molar-refractivity contribution in [2.45, 2.75) is 52.5 Å². The fraction of sp³-hybridized carbons (Fsp3) is 0.625. The largest absolute Gasteiger partial charge is 0.310 e. The van der Waals surface area contributed by atoms with E-state index in [0.29, 0.717) is 6.04 Å². The molecule has 1 N–H and O–H groups in total. The lowest BCUT2D eigenvalue weighted by atomic mass is 9.98. The Morgan fingerprint density at radius 3 is 2.58 bits per heavy atom. The topological polar surface area (TPSA) is 12.0 Å². The average Bonchev–Trinajstić information content (AvgIpc) is 2.34. The molecule has 0 saturated carbocycles. The van der Waals surface area contributed by atoms with E-state index in [4.69, 9.17) is 11.6 Å². The van der Waals surface area contributed by atoms with Crippen molar-refractivity contribution in [3.8, 4) is 0 Å². The third-order valence-corrected chi connectivity index (χ3v) is 4.07. The van der Waals surface area contributed by atoms with Crippen molar-refractivity contribution >= 4 is 27.5 Å². The minimum absolute atomic E-state index is 0.374. The molecule has 1 rings (SSSR count). The van der Waals surface area contributed by atoms with Gasteiger partial charge in [-0.1, -0.05) is 67.2 Å². The first-order valence-electron chi connectivity index (χ1n) is 7.23. The van der Waals surface area contributed by atoms with E-state index in [1.807, 2.05) is 6.07 Å². The minimum atomic E-state index is 0.374. The normalized spacial score (nSPS) is 12.9. The maximum absolute atomic E-state index is 6.37. The van der Waals surface area contributed by atoms with Gasteiger partial charge in [-0.15, -0.1) is 0 Å². The standard InChI is InChI=1S/C16H25BrClN/c1-4-10-19-16(7-5-6-12(2)3)14-9-8-13(17)11-15(14)18/h8-9,11-12,16,19H,4-7,10H2,1-3H3. The summed E-state index contributed by atoms with van der Waals surface area (Å²) < 4.78 is 1.04. The molecule has 0 radical (unpaired) electrons. The highest BCUT2D eigenvalue weighted by Crippen LogP contribution is 2.29. The van der Waals surface area contributed by atoms with E-state index in [9.17, 15) is 0 Å². The Balaban J connectivity index is 2.71. The van der Waals surface area contributed by atoms with Gasteiger partial charge in [-0.3, -0.25) is 0 Å². The van der Waals surface area contributed by atoms with Gasteiger partial charge in [0, 0.05) is 15.5 Å². The van der Waals surface area contributed by atoms with Crippen molar-refractivity contribution in [2.24, 2.45) is 5.92 Å². The molecule has 3 heteroatoms. The van der Waals surface area contributed by atoms with Crippen molar-refractivity contribution in [2.75, 3.05) is 6.54 Å². The molecule has 1 unspecified atom stereocenters. The van der Waals surface area contributed by atoms with Crippen molar-refractivity contribution in [3.63, 3.8) is 0 Å². The molecule has 0 saturated heterocycles. The maximum atomic E-state index is 6.37. The molecular weight excluding hydrogens is 322 g/mol. The summed E-state index contributed by atoms with van der Waals surface area (Å²) in [4.78, 5) is 0. The Labute approximate surface area is 131 Å². The monoisotopic (exact) mass is 345 g/mol. The molecule has 1 atom stereocenters. The van der Waals surface area contributed by atoms with Crippen molar-refractivity contribution < 1.29 is 0 Å². The van der Waals surface area contributed by atoms with Crippen LogP contribution in [0.25, 0.3) is 0 Å². The SMILES string of the molecule is CCCNC(CCCC(C)C)c1ccc(Br)cc1Cl. The number of benzene rings is 1. The van der Waals surface area contributed by atoms with E-state index < -0.39 is 0 Å². The molecule has 0 heterocycles. The van der Waals surface area contributed by atoms with E-state index >= 15 is 0 Å². The fourth-order valence-electron chi connectivity index (χ4n) is 2.20. The number of nitrogens with one attached hydrogen (secondary N) is 1. The van der Waals surface area contributed by atoms with Gasteiger partial charge in [0.1, 0.15) is 0 Å². The number of rotatable bonds is 8. The zero-order valence-electron chi connectivity index (χ0n) is 12.2. The molecule has 0 spiro atoms. The van der Waals surface area contributed by atoms with Crippen LogP contribution >= 0.6 is 27.5 Å². The van der Waals surface area contributed by atoms with Gasteiger partial charge < -0.3 is 5.32 Å². The molecule has 0 aliphatic heterocycles. The second kappa shape index (κ2) is 8.99. The highest BCUT2D eigenvalue weighted by atomic mass is 79.9. The quantitative estimate of drug-likeness (QED) is 0.611. The maximum Gasteiger partial charge on any atom is 0.0465 e. The molecule has 0 aromatic heterocycles. The van der Waals surface area contributed by atoms with Crippen LogP contribution in [0.15, 0.2) is 22.7 Å². The van der Waals surface area contributed by atoms with Crippen LogP contribution in [-0.2, 0) is 0 Å². The van der Waals surface area contributed by atoms with Crippen LogP contribution in [0.3, 0.4) is 0 Å². The predicted octanol–water partition coefficient (Wildman–Crippen LogP) is 5.97. The van der Waals surface area contributed by atoms with E-state index in [1.165, 1.54) is 18.4 Å². The number of halogens is 2. The first-order chi connectivity index (χ1) is 9.04. The molecule has 1 nitrogen and oxygen atoms in total. The van der Waals surface area contributed by atoms with Crippen molar-refractivity contribution in [1.29, 1.82) is 0 Å². The van der Waals surface area contributed by atoms with Crippen LogP contribution in [-0.4, -0.2) is 6.54 Å². The molecule has 0 fully saturated rings. The average molecular weight is 347 g/mol. The van der Waals surface area contributed by atoms with Gasteiger partial charge in [-0.05, 0) is 43.0 Å². The van der Waals surface area contributed by atoms with E-state index in [2.05, 4.69) is 54.2 Å². The Morgan fingerprint density at radius 2 is 2.00 bits per heavy atom. The zero-order chi connectivity index (χ0) is 14.3. The summed E-state index contributed by atoms with van der Waals surface area (Å²) in [6.07, 6.45) is 4.82. The van der Waals surface area contributed by atoms with Crippen LogP contribution in [0.4, 0.5) is 0 Å². The Morgan fingerprint density at radius 1 is 1.26 bits per heavy atom. The second-order valence-corrected chi connectivity index (χ2v) is 6.82. The van der Waals surface area contributed by atoms with Gasteiger partial charge in [0.25, 0.3) is 0 Å². The Kier molecular flexibility index (Phi) is 8.05. The van der Waals surface area contributed by atoms with E-state index in [0.717, 1.165) is 34.8 Å². The smallest absolute Gasteiger partial charge is 0.0465 e. The summed E-state index contributed by atoms with van der Waals surface area (Å²) in [5.41, 5.74) is 1.22. The molecule has 1 aromatic carbocycles. The molecular formula is C16H25BrClN. The number of hydrogen-bond acceptors (Lipinski definition) is 1. The van der Waals surface area contributed by atoms with Crippen LogP contribution in [0.1, 0.15) is 58.1 Å². The Hall–Kier alpha value is -0.0500. The molecule has 0 aliphatic carbocycles. The van der Waals surface area contributed by atoms with Crippen LogP contribution < -0.4 is 5.32 Å². The van der Waals surface area contributed by atoms with Crippen LogP contribution in [0.2, 0.25) is 5.02 Å². The fourth-order valence-corrected chi connectivity index (χ4v) is 3.01. The van der Waals surface area contributed by atoms with Crippen molar-refractivity contribution in [3.05, 3.63) is 33.3 Å². The lowest BCUT2D eigenvalue weighted by Crippen LogP contribution is -2.22. The van der Waals surface area contributed by atoms with Crippen LogP contribution in [0.5, 0.6) is 0 Å². The zero-order valence-corrected chi connectivity index (χ0v) is 14.5. The summed E-state index contributed by atoms with van der Waals surface area (Å²) in [6.45, 7) is 7.79. The molecule has 0 bridgehead atoms. The molecule has 19 heavy (non-hydrogen) atoms. The summed E-state index contributed by atoms with van der Waals surface area (Å²) in [6, 6.07) is 6.57. The molecule has 1 aromatic rings. The minimum Gasteiger partial charge on any atom is -0.310 e. The third-order valence-electron chi connectivity index (χ3n) is 3.25. The first-order valence-corrected chi connectivity index (χ1v) is 8.40. The highest BCUT2D eigenvalue weighted by molar-refractivity contribution is 9.10. The molecule has 0 aliphatic rings. The van der Waals surface area contributed by atoms with Gasteiger partial charge in [0.05, 0.1) is 0 Å².